The molecule has 1 atom stereocenters. The molecule has 1 fully saturated rings. The minimum absolute atomic E-state index is 0.0385. The van der Waals surface area contributed by atoms with E-state index in [0.29, 0.717) is 19.1 Å². The van der Waals surface area contributed by atoms with Gasteiger partial charge in [0.1, 0.15) is 6.61 Å². The SMILES string of the molecule is COCCOCC(=O)N1CCC(CCO)C1. The normalized spacial score (nSPS) is 20.4. The number of likely N-dealkylation sites (tertiary alicyclic amines) is 1. The summed E-state index contributed by atoms with van der Waals surface area (Å²) in [6.07, 6.45) is 1.78. The molecule has 0 spiro atoms. The first-order valence-corrected chi connectivity index (χ1v) is 5.73. The van der Waals surface area contributed by atoms with Gasteiger partial charge >= 0.3 is 0 Å². The molecular formula is C11H21NO4. The van der Waals surface area contributed by atoms with Crippen LogP contribution in [0.2, 0.25) is 0 Å². The maximum Gasteiger partial charge on any atom is 0.248 e. The van der Waals surface area contributed by atoms with Gasteiger partial charge in [-0.2, -0.15) is 0 Å². The van der Waals surface area contributed by atoms with Crippen molar-refractivity contribution in [3.63, 3.8) is 0 Å². The lowest BCUT2D eigenvalue weighted by Gasteiger charge is -2.16. The number of rotatable bonds is 7. The zero-order valence-electron chi connectivity index (χ0n) is 9.85. The Balaban J connectivity index is 2.13. The van der Waals surface area contributed by atoms with Crippen LogP contribution < -0.4 is 0 Å². The van der Waals surface area contributed by atoms with Crippen molar-refractivity contribution in [2.45, 2.75) is 12.8 Å². The number of nitrogens with zero attached hydrogens (tertiary/aromatic N) is 1. The minimum atomic E-state index is 0.0385. The molecule has 1 saturated heterocycles. The van der Waals surface area contributed by atoms with Gasteiger partial charge in [0.2, 0.25) is 5.91 Å². The zero-order valence-corrected chi connectivity index (χ0v) is 9.85. The predicted octanol–water partition coefficient (Wildman–Crippen LogP) is -0.120. The molecule has 1 aliphatic heterocycles. The largest absolute Gasteiger partial charge is 0.396 e. The average molecular weight is 231 g/mol. The van der Waals surface area contributed by atoms with Crippen LogP contribution in [0.4, 0.5) is 0 Å². The van der Waals surface area contributed by atoms with Crippen LogP contribution in [0.1, 0.15) is 12.8 Å². The Hall–Kier alpha value is -0.650. The van der Waals surface area contributed by atoms with Crippen LogP contribution in [0, 0.1) is 5.92 Å². The lowest BCUT2D eigenvalue weighted by atomic mass is 10.1. The molecule has 1 N–H and O–H groups in total. The summed E-state index contributed by atoms with van der Waals surface area (Å²) in [4.78, 5) is 13.5. The molecule has 0 aliphatic carbocycles. The Morgan fingerprint density at radius 1 is 1.50 bits per heavy atom. The van der Waals surface area contributed by atoms with Gasteiger partial charge in [0, 0.05) is 26.8 Å². The summed E-state index contributed by atoms with van der Waals surface area (Å²) in [6.45, 7) is 2.85. The van der Waals surface area contributed by atoms with Gasteiger partial charge in [-0.15, -0.1) is 0 Å². The van der Waals surface area contributed by atoms with Crippen molar-refractivity contribution in [1.82, 2.24) is 4.90 Å². The Bertz CT molecular complexity index is 210. The first-order chi connectivity index (χ1) is 7.77. The molecule has 0 bridgehead atoms. The molecule has 0 saturated carbocycles. The van der Waals surface area contributed by atoms with Crippen LogP contribution in [-0.2, 0) is 14.3 Å². The molecule has 1 rings (SSSR count). The minimum Gasteiger partial charge on any atom is -0.396 e. The number of methoxy groups -OCH3 is 1. The highest BCUT2D eigenvalue weighted by Gasteiger charge is 2.25. The molecule has 1 amide bonds. The van der Waals surface area contributed by atoms with Gasteiger partial charge in [-0.25, -0.2) is 0 Å². The summed E-state index contributed by atoms with van der Waals surface area (Å²) >= 11 is 0. The summed E-state index contributed by atoms with van der Waals surface area (Å²) in [5.41, 5.74) is 0. The fraction of sp³-hybridized carbons (Fsp3) is 0.909. The van der Waals surface area contributed by atoms with Gasteiger partial charge in [0.25, 0.3) is 0 Å². The Kier molecular flexibility index (Phi) is 6.37. The van der Waals surface area contributed by atoms with Crippen molar-refractivity contribution in [1.29, 1.82) is 0 Å². The standard InChI is InChI=1S/C11H21NO4/c1-15-6-7-16-9-11(14)12-4-2-10(8-12)3-5-13/h10,13H,2-9H2,1H3. The summed E-state index contributed by atoms with van der Waals surface area (Å²) in [5, 5.41) is 8.81. The molecule has 0 aromatic rings. The molecule has 94 valence electrons. The van der Waals surface area contributed by atoms with Crippen LogP contribution >= 0.6 is 0 Å². The van der Waals surface area contributed by atoms with Gasteiger partial charge in [-0.05, 0) is 18.8 Å². The van der Waals surface area contributed by atoms with Gasteiger partial charge in [0.15, 0.2) is 0 Å². The quantitative estimate of drug-likeness (QED) is 0.621. The number of aliphatic hydroxyl groups excluding tert-OH is 1. The molecule has 1 unspecified atom stereocenters. The molecule has 5 heteroatoms. The number of aliphatic hydroxyl groups is 1. The zero-order chi connectivity index (χ0) is 11.8. The van der Waals surface area contributed by atoms with E-state index in [9.17, 15) is 4.79 Å². The average Bonchev–Trinajstić information content (AvgIpc) is 2.73. The predicted molar refractivity (Wildman–Crippen MR) is 59.1 cm³/mol. The summed E-state index contributed by atoms with van der Waals surface area (Å²) in [6, 6.07) is 0. The fourth-order valence-electron chi connectivity index (χ4n) is 1.87. The number of amides is 1. The summed E-state index contributed by atoms with van der Waals surface area (Å²) < 4.78 is 10.00. The lowest BCUT2D eigenvalue weighted by molar-refractivity contribution is -0.135. The van der Waals surface area contributed by atoms with Gasteiger partial charge in [-0.1, -0.05) is 0 Å². The molecule has 0 aromatic carbocycles. The Morgan fingerprint density at radius 2 is 2.31 bits per heavy atom. The van der Waals surface area contributed by atoms with E-state index in [1.165, 1.54) is 0 Å². The number of carbonyl (C=O) groups excluding carboxylic acids is 1. The van der Waals surface area contributed by atoms with E-state index in [1.54, 1.807) is 7.11 Å². The summed E-state index contributed by atoms with van der Waals surface area (Å²) in [5.74, 6) is 0.490. The van der Waals surface area contributed by atoms with E-state index in [2.05, 4.69) is 0 Å². The molecule has 1 heterocycles. The number of carbonyl (C=O) groups is 1. The molecule has 16 heavy (non-hydrogen) atoms. The third kappa shape index (κ3) is 4.47. The summed E-state index contributed by atoms with van der Waals surface area (Å²) in [7, 11) is 1.60. The molecule has 5 nitrogen and oxygen atoms in total. The van der Waals surface area contributed by atoms with Crippen molar-refractivity contribution in [3.8, 4) is 0 Å². The number of ether oxygens (including phenoxy) is 2. The highest BCUT2D eigenvalue weighted by Crippen LogP contribution is 2.18. The monoisotopic (exact) mass is 231 g/mol. The smallest absolute Gasteiger partial charge is 0.248 e. The van der Waals surface area contributed by atoms with Crippen LogP contribution in [-0.4, -0.2) is 62.5 Å². The first-order valence-electron chi connectivity index (χ1n) is 5.73. The van der Waals surface area contributed by atoms with Crippen molar-refractivity contribution >= 4 is 5.91 Å². The van der Waals surface area contributed by atoms with E-state index < -0.39 is 0 Å². The number of hydrogen-bond donors (Lipinski definition) is 1. The van der Waals surface area contributed by atoms with Gasteiger partial charge in [0.05, 0.1) is 13.2 Å². The van der Waals surface area contributed by atoms with E-state index in [0.717, 1.165) is 25.9 Å². The fourth-order valence-corrected chi connectivity index (χ4v) is 1.87. The van der Waals surface area contributed by atoms with E-state index >= 15 is 0 Å². The first kappa shape index (κ1) is 13.4. The van der Waals surface area contributed by atoms with Crippen molar-refractivity contribution in [2.75, 3.05) is 46.6 Å². The highest BCUT2D eigenvalue weighted by molar-refractivity contribution is 5.77. The molecule has 0 radical (unpaired) electrons. The highest BCUT2D eigenvalue weighted by atomic mass is 16.5. The van der Waals surface area contributed by atoms with Crippen LogP contribution in [0.15, 0.2) is 0 Å². The van der Waals surface area contributed by atoms with Crippen LogP contribution in [0.3, 0.4) is 0 Å². The van der Waals surface area contributed by atoms with Gasteiger partial charge in [-0.3, -0.25) is 4.79 Å². The molecule has 0 aromatic heterocycles. The second-order valence-electron chi connectivity index (χ2n) is 4.05. The van der Waals surface area contributed by atoms with E-state index in [1.807, 2.05) is 4.90 Å². The lowest BCUT2D eigenvalue weighted by Crippen LogP contribution is -2.32. The molecule has 1 aliphatic rings. The van der Waals surface area contributed by atoms with Crippen LogP contribution in [0.5, 0.6) is 0 Å². The van der Waals surface area contributed by atoms with Crippen molar-refractivity contribution < 1.29 is 19.4 Å². The second kappa shape index (κ2) is 7.60. The van der Waals surface area contributed by atoms with Crippen molar-refractivity contribution in [3.05, 3.63) is 0 Å². The van der Waals surface area contributed by atoms with Gasteiger partial charge < -0.3 is 19.5 Å². The Morgan fingerprint density at radius 3 is 3.00 bits per heavy atom. The topological polar surface area (TPSA) is 59.0 Å². The second-order valence-corrected chi connectivity index (χ2v) is 4.05. The Labute approximate surface area is 96.3 Å². The maximum atomic E-state index is 11.7. The van der Waals surface area contributed by atoms with Crippen LogP contribution in [0.25, 0.3) is 0 Å². The van der Waals surface area contributed by atoms with Crippen molar-refractivity contribution in [2.24, 2.45) is 5.92 Å². The third-order valence-electron chi connectivity index (χ3n) is 2.83. The third-order valence-corrected chi connectivity index (χ3v) is 2.83. The van der Waals surface area contributed by atoms with E-state index in [4.69, 9.17) is 14.6 Å². The van der Waals surface area contributed by atoms with E-state index in [-0.39, 0.29) is 19.1 Å². The maximum absolute atomic E-state index is 11.7. The number of hydrogen-bond acceptors (Lipinski definition) is 4. The molecular weight excluding hydrogens is 210 g/mol.